The van der Waals surface area contributed by atoms with Crippen LogP contribution in [-0.2, 0) is 20.9 Å². The normalized spacial score (nSPS) is 14.8. The van der Waals surface area contributed by atoms with Gasteiger partial charge in [0.15, 0.2) is 0 Å². The molecule has 1 aliphatic heterocycles. The topological polar surface area (TPSA) is 94.5 Å². The third-order valence-electron chi connectivity index (χ3n) is 5.01. The van der Waals surface area contributed by atoms with Crippen LogP contribution in [0.3, 0.4) is 0 Å². The van der Waals surface area contributed by atoms with Gasteiger partial charge in [-0.15, -0.1) is 0 Å². The molecule has 1 atom stereocenters. The Balaban J connectivity index is 1.63. The van der Waals surface area contributed by atoms with Crippen LogP contribution in [0.25, 0.3) is 11.1 Å². The summed E-state index contributed by atoms with van der Waals surface area (Å²) in [6, 6.07) is 12.3. The van der Waals surface area contributed by atoms with Crippen molar-refractivity contribution in [2.75, 3.05) is 24.9 Å². The van der Waals surface area contributed by atoms with Gasteiger partial charge in [0.25, 0.3) is 5.91 Å². The second kappa shape index (κ2) is 8.57. The lowest BCUT2D eigenvalue weighted by Crippen LogP contribution is -2.24. The summed E-state index contributed by atoms with van der Waals surface area (Å²) >= 11 is 0. The number of carbonyl (C=O) groups excluding carboxylic acids is 2. The van der Waals surface area contributed by atoms with E-state index < -0.39 is 17.8 Å². The number of amides is 2. The fourth-order valence-electron chi connectivity index (χ4n) is 3.56. The molecule has 0 fully saturated rings. The Morgan fingerprint density at radius 2 is 1.94 bits per heavy atom. The van der Waals surface area contributed by atoms with Crippen molar-refractivity contribution in [1.82, 2.24) is 9.78 Å². The highest BCUT2D eigenvalue weighted by atomic mass is 19.1. The van der Waals surface area contributed by atoms with Crippen LogP contribution >= 0.6 is 0 Å². The summed E-state index contributed by atoms with van der Waals surface area (Å²) in [7, 11) is 3.14. The maximum atomic E-state index is 13.8. The number of hydrogen-bond donors (Lipinski definition) is 2. The van der Waals surface area contributed by atoms with Gasteiger partial charge in [-0.3, -0.25) is 9.59 Å². The SMILES string of the molecule is COCc1nn2c(c1-c1ccc(OC)cc1)NC(=O)C2CC(=O)Nc1ccccc1F. The van der Waals surface area contributed by atoms with Crippen molar-refractivity contribution in [3.8, 4) is 16.9 Å². The Hall–Kier alpha value is -3.72. The monoisotopic (exact) mass is 424 g/mol. The van der Waals surface area contributed by atoms with Crippen molar-refractivity contribution in [2.24, 2.45) is 0 Å². The van der Waals surface area contributed by atoms with Gasteiger partial charge in [0, 0.05) is 12.7 Å². The van der Waals surface area contributed by atoms with Crippen molar-refractivity contribution in [1.29, 1.82) is 0 Å². The number of nitrogens with zero attached hydrogens (tertiary/aromatic N) is 2. The van der Waals surface area contributed by atoms with Crippen LogP contribution in [0.5, 0.6) is 5.75 Å². The van der Waals surface area contributed by atoms with E-state index in [-0.39, 0.29) is 24.6 Å². The molecule has 0 aliphatic carbocycles. The summed E-state index contributed by atoms with van der Waals surface area (Å²) in [6.07, 6.45) is -0.191. The highest BCUT2D eigenvalue weighted by Gasteiger charge is 2.37. The Morgan fingerprint density at radius 1 is 1.19 bits per heavy atom. The molecule has 3 aromatic rings. The molecule has 2 heterocycles. The first kappa shape index (κ1) is 20.5. The molecule has 2 aromatic carbocycles. The first-order valence-corrected chi connectivity index (χ1v) is 9.61. The third-order valence-corrected chi connectivity index (χ3v) is 5.01. The lowest BCUT2D eigenvalue weighted by atomic mass is 10.1. The third kappa shape index (κ3) is 3.99. The molecular formula is C22H21FN4O4. The van der Waals surface area contributed by atoms with Gasteiger partial charge in [0.2, 0.25) is 5.91 Å². The number of benzene rings is 2. The first-order valence-electron chi connectivity index (χ1n) is 9.61. The van der Waals surface area contributed by atoms with Gasteiger partial charge < -0.3 is 20.1 Å². The standard InChI is InChI=1S/C22H21FN4O4/c1-30-12-17-20(13-7-9-14(31-2)10-8-13)21-25-22(29)18(27(21)26-17)11-19(28)24-16-6-4-3-5-15(16)23/h3-10,18H,11-12H2,1-2H3,(H,24,28)(H,25,29). The molecule has 0 saturated heterocycles. The molecule has 9 heteroatoms. The van der Waals surface area contributed by atoms with E-state index in [2.05, 4.69) is 15.7 Å². The van der Waals surface area contributed by atoms with Gasteiger partial charge >= 0.3 is 0 Å². The molecule has 0 radical (unpaired) electrons. The number of rotatable bonds is 7. The van der Waals surface area contributed by atoms with Crippen LogP contribution in [0.1, 0.15) is 18.2 Å². The fraction of sp³-hybridized carbons (Fsp3) is 0.227. The van der Waals surface area contributed by atoms with Crippen LogP contribution in [0, 0.1) is 5.82 Å². The van der Waals surface area contributed by atoms with Crippen LogP contribution in [-0.4, -0.2) is 35.8 Å². The summed E-state index contributed by atoms with van der Waals surface area (Å²) in [5.41, 5.74) is 2.23. The lowest BCUT2D eigenvalue weighted by Gasteiger charge is -2.10. The number of anilines is 2. The average Bonchev–Trinajstić information content (AvgIpc) is 3.25. The van der Waals surface area contributed by atoms with E-state index >= 15 is 0 Å². The van der Waals surface area contributed by atoms with E-state index in [9.17, 15) is 14.0 Å². The number of ether oxygens (including phenoxy) is 2. The molecule has 31 heavy (non-hydrogen) atoms. The summed E-state index contributed by atoms with van der Waals surface area (Å²) in [5.74, 6) is -0.202. The summed E-state index contributed by atoms with van der Waals surface area (Å²) < 4.78 is 25.8. The number of methoxy groups -OCH3 is 2. The van der Waals surface area contributed by atoms with Gasteiger partial charge in [-0.2, -0.15) is 5.10 Å². The quantitative estimate of drug-likeness (QED) is 0.607. The highest BCUT2D eigenvalue weighted by molar-refractivity contribution is 6.04. The second-order valence-electron chi connectivity index (χ2n) is 7.01. The zero-order chi connectivity index (χ0) is 22.0. The smallest absolute Gasteiger partial charge is 0.251 e. The van der Waals surface area contributed by atoms with Crippen LogP contribution in [0.2, 0.25) is 0 Å². The Labute approximate surface area is 178 Å². The number of para-hydroxylation sites is 1. The summed E-state index contributed by atoms with van der Waals surface area (Å²) in [5, 5.41) is 9.86. The molecule has 8 nitrogen and oxygen atoms in total. The Kier molecular flexibility index (Phi) is 5.68. The Morgan fingerprint density at radius 3 is 2.61 bits per heavy atom. The number of hydrogen-bond acceptors (Lipinski definition) is 5. The van der Waals surface area contributed by atoms with Gasteiger partial charge in [0.1, 0.15) is 23.4 Å². The number of carbonyl (C=O) groups is 2. The maximum Gasteiger partial charge on any atom is 0.251 e. The Bertz CT molecular complexity index is 1130. The number of fused-ring (bicyclic) bond motifs is 1. The number of nitrogens with one attached hydrogen (secondary N) is 2. The van der Waals surface area contributed by atoms with E-state index in [1.165, 1.54) is 22.9 Å². The van der Waals surface area contributed by atoms with Crippen LogP contribution in [0.15, 0.2) is 48.5 Å². The molecule has 0 bridgehead atoms. The minimum atomic E-state index is -0.857. The second-order valence-corrected chi connectivity index (χ2v) is 7.01. The fourth-order valence-corrected chi connectivity index (χ4v) is 3.56. The predicted molar refractivity (Wildman–Crippen MR) is 112 cm³/mol. The molecule has 1 aliphatic rings. The molecular weight excluding hydrogens is 403 g/mol. The minimum absolute atomic E-state index is 0.0607. The van der Waals surface area contributed by atoms with Crippen molar-refractivity contribution < 1.29 is 23.5 Å². The average molecular weight is 424 g/mol. The predicted octanol–water partition coefficient (Wildman–Crippen LogP) is 3.37. The minimum Gasteiger partial charge on any atom is -0.497 e. The maximum absolute atomic E-state index is 13.8. The van der Waals surface area contributed by atoms with Crippen molar-refractivity contribution in [3.05, 3.63) is 60.0 Å². The molecule has 1 unspecified atom stereocenters. The highest BCUT2D eigenvalue weighted by Crippen LogP contribution is 2.39. The van der Waals surface area contributed by atoms with E-state index in [4.69, 9.17) is 9.47 Å². The van der Waals surface area contributed by atoms with E-state index in [0.717, 1.165) is 11.1 Å². The number of aromatic nitrogens is 2. The van der Waals surface area contributed by atoms with Gasteiger partial charge in [-0.05, 0) is 29.8 Å². The van der Waals surface area contributed by atoms with E-state index in [0.29, 0.717) is 17.3 Å². The molecule has 160 valence electrons. The van der Waals surface area contributed by atoms with Crippen molar-refractivity contribution in [2.45, 2.75) is 19.1 Å². The van der Waals surface area contributed by atoms with Crippen molar-refractivity contribution in [3.63, 3.8) is 0 Å². The molecule has 4 rings (SSSR count). The first-order chi connectivity index (χ1) is 15.0. The van der Waals surface area contributed by atoms with Gasteiger partial charge in [-0.25, -0.2) is 9.07 Å². The van der Waals surface area contributed by atoms with Crippen LogP contribution < -0.4 is 15.4 Å². The summed E-state index contributed by atoms with van der Waals surface area (Å²) in [6.45, 7) is 0.228. The largest absolute Gasteiger partial charge is 0.497 e. The number of halogens is 1. The van der Waals surface area contributed by atoms with E-state index in [1.54, 1.807) is 20.3 Å². The zero-order valence-electron chi connectivity index (χ0n) is 17.0. The molecule has 2 N–H and O–H groups in total. The molecule has 1 aromatic heterocycles. The molecule has 0 saturated carbocycles. The summed E-state index contributed by atoms with van der Waals surface area (Å²) in [4.78, 5) is 25.1. The van der Waals surface area contributed by atoms with Crippen molar-refractivity contribution >= 4 is 23.3 Å². The van der Waals surface area contributed by atoms with Crippen LogP contribution in [0.4, 0.5) is 15.9 Å². The lowest BCUT2D eigenvalue weighted by molar-refractivity contribution is -0.123. The molecule has 2 amide bonds. The zero-order valence-corrected chi connectivity index (χ0v) is 17.0. The van der Waals surface area contributed by atoms with E-state index in [1.807, 2.05) is 24.3 Å². The van der Waals surface area contributed by atoms with Gasteiger partial charge in [0.05, 0.1) is 31.5 Å². The van der Waals surface area contributed by atoms with Gasteiger partial charge in [-0.1, -0.05) is 24.3 Å². The molecule has 0 spiro atoms.